The summed E-state index contributed by atoms with van der Waals surface area (Å²) in [5.41, 5.74) is -0.218. The minimum atomic E-state index is -4.50. The summed E-state index contributed by atoms with van der Waals surface area (Å²) in [6.45, 7) is 1.79. The summed E-state index contributed by atoms with van der Waals surface area (Å²) in [5.74, 6) is 0.521. The molecule has 0 unspecified atom stereocenters. The predicted octanol–water partition coefficient (Wildman–Crippen LogP) is 2.52. The molecule has 0 saturated heterocycles. The van der Waals surface area contributed by atoms with Gasteiger partial charge in [0.25, 0.3) is 0 Å². The van der Waals surface area contributed by atoms with Gasteiger partial charge in [0.2, 0.25) is 10.0 Å². The lowest BCUT2D eigenvalue weighted by Crippen LogP contribution is -2.26. The topological polar surface area (TPSA) is 72.2 Å². The van der Waals surface area contributed by atoms with Crippen LogP contribution < -0.4 is 4.72 Å². The lowest BCUT2D eigenvalue weighted by Gasteiger charge is -2.09. The highest BCUT2D eigenvalue weighted by Gasteiger charge is 2.30. The second-order valence-corrected chi connectivity index (χ2v) is 6.37. The van der Waals surface area contributed by atoms with Crippen molar-refractivity contribution in [1.82, 2.24) is 9.88 Å². The number of rotatable bonds is 5. The maximum atomic E-state index is 12.4. The molecule has 0 aliphatic rings. The molecular weight excluding hydrogens is 321 g/mol. The second kappa shape index (κ2) is 6.09. The third-order valence-electron chi connectivity index (χ3n) is 2.83. The molecule has 1 aromatic heterocycles. The maximum Gasteiger partial charge on any atom is 0.416 e. The fourth-order valence-electron chi connectivity index (χ4n) is 1.75. The Hall–Kier alpha value is -1.87. The monoisotopic (exact) mass is 334 g/mol. The maximum absolute atomic E-state index is 12.4. The third kappa shape index (κ3) is 4.08. The molecule has 0 saturated carbocycles. The highest BCUT2D eigenvalue weighted by atomic mass is 32.2. The van der Waals surface area contributed by atoms with Crippen molar-refractivity contribution in [2.75, 3.05) is 6.54 Å². The van der Waals surface area contributed by atoms with Crippen molar-refractivity contribution < 1.29 is 26.1 Å². The van der Waals surface area contributed by atoms with Crippen molar-refractivity contribution in [3.63, 3.8) is 0 Å². The van der Waals surface area contributed by atoms with Crippen molar-refractivity contribution in [3.8, 4) is 0 Å². The van der Waals surface area contributed by atoms with Crippen LogP contribution in [0.5, 0.6) is 0 Å². The smallest absolute Gasteiger partial charge is 0.361 e. The fourth-order valence-corrected chi connectivity index (χ4v) is 2.78. The number of sulfonamides is 1. The van der Waals surface area contributed by atoms with Crippen molar-refractivity contribution in [2.45, 2.75) is 24.4 Å². The van der Waals surface area contributed by atoms with E-state index in [4.69, 9.17) is 4.52 Å². The molecule has 2 aromatic rings. The molecule has 1 aromatic carbocycles. The van der Waals surface area contributed by atoms with E-state index in [1.807, 2.05) is 0 Å². The van der Waals surface area contributed by atoms with E-state index in [9.17, 15) is 21.6 Å². The normalized spacial score (nSPS) is 12.5. The Kier molecular flexibility index (Phi) is 4.57. The summed E-state index contributed by atoms with van der Waals surface area (Å²) >= 11 is 0. The van der Waals surface area contributed by atoms with E-state index in [0.717, 1.165) is 24.3 Å². The lowest BCUT2D eigenvalue weighted by atomic mass is 10.2. The standard InChI is InChI=1S/C13H13F3N2O3S/c1-9-8-11(21-18-9)6-7-17-22(19,20)12-4-2-10(3-5-12)13(14,15)16/h2-5,8,17H,6-7H2,1H3. The van der Waals surface area contributed by atoms with E-state index in [1.165, 1.54) is 0 Å². The summed E-state index contributed by atoms with van der Waals surface area (Å²) in [6.07, 6.45) is -4.21. The molecule has 0 bridgehead atoms. The van der Waals surface area contributed by atoms with Crippen LogP contribution in [0.25, 0.3) is 0 Å². The molecule has 0 amide bonds. The summed E-state index contributed by atoms with van der Waals surface area (Å²) in [4.78, 5) is -0.228. The van der Waals surface area contributed by atoms with Crippen LogP contribution in [0.3, 0.4) is 0 Å². The van der Waals surface area contributed by atoms with Crippen molar-refractivity contribution in [3.05, 3.63) is 47.3 Å². The SMILES string of the molecule is Cc1cc(CCNS(=O)(=O)c2ccc(C(F)(F)F)cc2)on1. The zero-order valence-electron chi connectivity index (χ0n) is 11.5. The van der Waals surface area contributed by atoms with Gasteiger partial charge in [-0.3, -0.25) is 0 Å². The molecule has 0 atom stereocenters. The molecule has 5 nitrogen and oxygen atoms in total. The number of nitrogens with one attached hydrogen (secondary N) is 1. The highest BCUT2D eigenvalue weighted by molar-refractivity contribution is 7.89. The van der Waals surface area contributed by atoms with E-state index in [2.05, 4.69) is 9.88 Å². The van der Waals surface area contributed by atoms with Crippen LogP contribution in [0.2, 0.25) is 0 Å². The summed E-state index contributed by atoms with van der Waals surface area (Å²) < 4.78 is 68.4. The van der Waals surface area contributed by atoms with E-state index in [1.54, 1.807) is 13.0 Å². The molecule has 120 valence electrons. The lowest BCUT2D eigenvalue weighted by molar-refractivity contribution is -0.137. The van der Waals surface area contributed by atoms with Crippen LogP contribution in [-0.4, -0.2) is 20.1 Å². The summed E-state index contributed by atoms with van der Waals surface area (Å²) in [6, 6.07) is 4.97. The molecule has 1 N–H and O–H groups in total. The molecule has 0 radical (unpaired) electrons. The Morgan fingerprint density at radius 1 is 1.23 bits per heavy atom. The van der Waals surface area contributed by atoms with E-state index >= 15 is 0 Å². The fraction of sp³-hybridized carbons (Fsp3) is 0.308. The molecule has 0 aliphatic carbocycles. The Morgan fingerprint density at radius 2 is 1.86 bits per heavy atom. The molecule has 0 spiro atoms. The van der Waals surface area contributed by atoms with Crippen LogP contribution >= 0.6 is 0 Å². The first-order valence-electron chi connectivity index (χ1n) is 6.27. The minimum absolute atomic E-state index is 0.0536. The number of nitrogens with zero attached hydrogens (tertiary/aromatic N) is 1. The molecule has 0 aliphatic heterocycles. The van der Waals surface area contributed by atoms with Gasteiger partial charge >= 0.3 is 6.18 Å². The summed E-state index contributed by atoms with van der Waals surface area (Å²) in [5, 5.41) is 3.66. The minimum Gasteiger partial charge on any atom is -0.361 e. The zero-order valence-corrected chi connectivity index (χ0v) is 12.3. The van der Waals surface area contributed by atoms with Crippen LogP contribution in [0.4, 0.5) is 13.2 Å². The van der Waals surface area contributed by atoms with Gasteiger partial charge in [-0.25, -0.2) is 13.1 Å². The van der Waals surface area contributed by atoms with Gasteiger partial charge in [0.05, 0.1) is 16.2 Å². The largest absolute Gasteiger partial charge is 0.416 e. The average molecular weight is 334 g/mol. The predicted molar refractivity (Wildman–Crippen MR) is 71.6 cm³/mol. The number of hydrogen-bond donors (Lipinski definition) is 1. The number of aromatic nitrogens is 1. The Morgan fingerprint density at radius 3 is 2.36 bits per heavy atom. The first kappa shape index (κ1) is 16.5. The third-order valence-corrected chi connectivity index (χ3v) is 4.31. The molecule has 9 heteroatoms. The first-order chi connectivity index (χ1) is 10.2. The van der Waals surface area contributed by atoms with Crippen LogP contribution in [0.15, 0.2) is 39.8 Å². The quantitative estimate of drug-likeness (QED) is 0.912. The van der Waals surface area contributed by atoms with Crippen molar-refractivity contribution >= 4 is 10.0 Å². The molecule has 22 heavy (non-hydrogen) atoms. The van der Waals surface area contributed by atoms with Crippen molar-refractivity contribution in [1.29, 1.82) is 0 Å². The number of halogens is 3. The van der Waals surface area contributed by atoms with Gasteiger partial charge < -0.3 is 4.52 Å². The van der Waals surface area contributed by atoms with Gasteiger partial charge in [-0.2, -0.15) is 13.2 Å². The number of alkyl halides is 3. The van der Waals surface area contributed by atoms with Gasteiger partial charge in [-0.05, 0) is 31.2 Å². The second-order valence-electron chi connectivity index (χ2n) is 4.60. The number of hydrogen-bond acceptors (Lipinski definition) is 4. The highest BCUT2D eigenvalue weighted by Crippen LogP contribution is 2.29. The van der Waals surface area contributed by atoms with Crippen LogP contribution in [0, 0.1) is 6.92 Å². The van der Waals surface area contributed by atoms with Gasteiger partial charge in [0.1, 0.15) is 5.76 Å². The van der Waals surface area contributed by atoms with E-state index in [0.29, 0.717) is 17.9 Å². The summed E-state index contributed by atoms with van der Waals surface area (Å²) in [7, 11) is -3.87. The molecule has 2 rings (SSSR count). The molecule has 1 heterocycles. The van der Waals surface area contributed by atoms with Gasteiger partial charge in [0.15, 0.2) is 0 Å². The Balaban J connectivity index is 2.00. The van der Waals surface area contributed by atoms with E-state index < -0.39 is 21.8 Å². The van der Waals surface area contributed by atoms with Gasteiger partial charge in [-0.15, -0.1) is 0 Å². The van der Waals surface area contributed by atoms with Crippen molar-refractivity contribution in [2.24, 2.45) is 0 Å². The number of aryl methyl sites for hydroxylation is 1. The Labute approximate surface area is 125 Å². The van der Waals surface area contributed by atoms with Crippen LogP contribution in [0.1, 0.15) is 17.0 Å². The number of benzene rings is 1. The molecular formula is C13H13F3N2O3S. The van der Waals surface area contributed by atoms with E-state index in [-0.39, 0.29) is 11.4 Å². The Bertz CT molecular complexity index is 737. The molecule has 0 fully saturated rings. The van der Waals surface area contributed by atoms with Crippen LogP contribution in [-0.2, 0) is 22.6 Å². The van der Waals surface area contributed by atoms with Gasteiger partial charge in [0, 0.05) is 19.0 Å². The average Bonchev–Trinajstić information content (AvgIpc) is 2.83. The first-order valence-corrected chi connectivity index (χ1v) is 7.76. The van der Waals surface area contributed by atoms with Gasteiger partial charge in [-0.1, -0.05) is 5.16 Å². The zero-order chi connectivity index (χ0) is 16.4.